The van der Waals surface area contributed by atoms with Gasteiger partial charge in [0, 0.05) is 19.3 Å². The molecule has 454 valence electrons. The van der Waals surface area contributed by atoms with Crippen LogP contribution in [-0.2, 0) is 28.6 Å². The van der Waals surface area contributed by atoms with Gasteiger partial charge in [0.1, 0.15) is 13.2 Å². The highest BCUT2D eigenvalue weighted by Crippen LogP contribution is 2.14. The second-order valence-corrected chi connectivity index (χ2v) is 20.9. The summed E-state index contributed by atoms with van der Waals surface area (Å²) < 4.78 is 16.8. The van der Waals surface area contributed by atoms with Crippen molar-refractivity contribution in [1.29, 1.82) is 0 Å². The topological polar surface area (TPSA) is 78.9 Å². The zero-order valence-corrected chi connectivity index (χ0v) is 52.0. The lowest BCUT2D eigenvalue weighted by Crippen LogP contribution is -2.30. The van der Waals surface area contributed by atoms with Crippen molar-refractivity contribution < 1.29 is 28.6 Å². The highest BCUT2D eigenvalue weighted by molar-refractivity contribution is 5.71. The maximum Gasteiger partial charge on any atom is 0.306 e. The number of hydrogen-bond donors (Lipinski definition) is 0. The Morgan fingerprint density at radius 2 is 0.494 bits per heavy atom. The van der Waals surface area contributed by atoms with Crippen LogP contribution in [-0.4, -0.2) is 37.2 Å². The van der Waals surface area contributed by atoms with Crippen LogP contribution in [0.25, 0.3) is 0 Å². The molecule has 0 heterocycles. The molecule has 0 rings (SSSR count). The molecule has 0 saturated heterocycles. The number of esters is 3. The van der Waals surface area contributed by atoms with Crippen molar-refractivity contribution in [2.45, 2.75) is 271 Å². The standard InChI is InChI=1S/C75H118O6/c1-4-7-10-13-16-19-22-25-28-31-33-35-36-37-38-40-41-44-47-50-53-56-59-62-65-68-74(77)80-71-72(70-79-73(76)67-64-61-58-55-52-49-46-43-30-27-24-21-18-15-12-9-6-3)81-75(78)69-66-63-60-57-54-51-48-45-42-39-34-32-29-26-23-20-17-14-11-8-5-2/h8-9,11-12,17-18,20-22,25-27,29-31,33-34,36-37,39,45-46,48-49,54-55,57-58,72H,4-7,10,13-16,19,23-24,28,32,35,38,40-44,47,50-53,56,59-71H2,1-3H3/b11-8-,12-9-,20-17-,21-18-,25-22-,29-26-,30-27-,33-31-,37-36-,39-34-,48-45-,49-46-,57-54-,58-55-. The first-order valence-electron chi connectivity index (χ1n) is 32.6. The average Bonchev–Trinajstić information content (AvgIpc) is 3.47. The Kier molecular flexibility index (Phi) is 62.9. The van der Waals surface area contributed by atoms with Gasteiger partial charge in [0.15, 0.2) is 6.10 Å². The summed E-state index contributed by atoms with van der Waals surface area (Å²) in [6.45, 7) is 6.31. The van der Waals surface area contributed by atoms with Gasteiger partial charge in [-0.15, -0.1) is 0 Å². The SMILES string of the molecule is CC/C=C\C/C=C\C/C=C\C/C=C\C/C=C\C/C=C\CCCCC(=O)OC(COC(=O)CCC/C=C\C/C=C\C/C=C\C/C=C\C/C=C\CC)COC(=O)CCCCCCCCCCCC/C=C\C/C=C\C/C=C\CCCCCCC. The highest BCUT2D eigenvalue weighted by Gasteiger charge is 2.19. The summed E-state index contributed by atoms with van der Waals surface area (Å²) in [5.74, 6) is -1.04. The Labute approximate surface area is 498 Å². The van der Waals surface area contributed by atoms with E-state index in [-0.39, 0.29) is 44.0 Å². The van der Waals surface area contributed by atoms with Crippen molar-refractivity contribution in [2.24, 2.45) is 0 Å². The summed E-state index contributed by atoms with van der Waals surface area (Å²) in [5.41, 5.74) is 0. The second kappa shape index (κ2) is 67.3. The van der Waals surface area contributed by atoms with E-state index in [2.05, 4.69) is 191 Å². The van der Waals surface area contributed by atoms with E-state index in [9.17, 15) is 14.4 Å². The largest absolute Gasteiger partial charge is 0.462 e. The third-order valence-electron chi connectivity index (χ3n) is 13.2. The minimum absolute atomic E-state index is 0.124. The van der Waals surface area contributed by atoms with Gasteiger partial charge in [0.2, 0.25) is 0 Å². The molecule has 6 heteroatoms. The lowest BCUT2D eigenvalue weighted by molar-refractivity contribution is -0.167. The van der Waals surface area contributed by atoms with Crippen molar-refractivity contribution in [3.8, 4) is 0 Å². The summed E-state index contributed by atoms with van der Waals surface area (Å²) in [6, 6.07) is 0. The molecule has 1 atom stereocenters. The molecule has 81 heavy (non-hydrogen) atoms. The molecule has 0 aliphatic heterocycles. The van der Waals surface area contributed by atoms with Gasteiger partial charge in [0.05, 0.1) is 0 Å². The first-order chi connectivity index (χ1) is 40.0. The van der Waals surface area contributed by atoms with Crippen molar-refractivity contribution in [3.63, 3.8) is 0 Å². The maximum absolute atomic E-state index is 12.9. The van der Waals surface area contributed by atoms with Crippen molar-refractivity contribution in [3.05, 3.63) is 170 Å². The van der Waals surface area contributed by atoms with Gasteiger partial charge >= 0.3 is 17.9 Å². The molecule has 6 nitrogen and oxygen atoms in total. The Balaban J connectivity index is 4.54. The summed E-state index contributed by atoms with van der Waals surface area (Å²) in [5, 5.41) is 0. The van der Waals surface area contributed by atoms with Crippen LogP contribution in [0.4, 0.5) is 0 Å². The fourth-order valence-corrected chi connectivity index (χ4v) is 8.37. The highest BCUT2D eigenvalue weighted by atomic mass is 16.6. The Hall–Kier alpha value is -5.23. The van der Waals surface area contributed by atoms with Crippen molar-refractivity contribution >= 4 is 17.9 Å². The average molecular weight is 1120 g/mol. The quantitative estimate of drug-likeness (QED) is 0.0261. The Morgan fingerprint density at radius 1 is 0.259 bits per heavy atom. The van der Waals surface area contributed by atoms with Gasteiger partial charge in [-0.1, -0.05) is 268 Å². The van der Waals surface area contributed by atoms with Crippen LogP contribution in [0.3, 0.4) is 0 Å². The van der Waals surface area contributed by atoms with Crippen molar-refractivity contribution in [2.75, 3.05) is 13.2 Å². The number of ether oxygens (including phenoxy) is 3. The van der Waals surface area contributed by atoms with Gasteiger partial charge in [0.25, 0.3) is 0 Å². The van der Waals surface area contributed by atoms with Crippen molar-refractivity contribution in [1.82, 2.24) is 0 Å². The normalized spacial score (nSPS) is 13.3. The van der Waals surface area contributed by atoms with Gasteiger partial charge in [-0.3, -0.25) is 14.4 Å². The predicted octanol–water partition coefficient (Wildman–Crippen LogP) is 22.7. The lowest BCUT2D eigenvalue weighted by Gasteiger charge is -2.18. The summed E-state index contributed by atoms with van der Waals surface area (Å²) in [7, 11) is 0. The number of carbonyl (C=O) groups excluding carboxylic acids is 3. The zero-order chi connectivity index (χ0) is 58.5. The van der Waals surface area contributed by atoms with Gasteiger partial charge < -0.3 is 14.2 Å². The Bertz CT molecular complexity index is 1860. The number of unbranched alkanes of at least 4 members (excludes halogenated alkanes) is 18. The fourth-order valence-electron chi connectivity index (χ4n) is 8.37. The molecular weight excluding hydrogens is 997 g/mol. The number of carbonyl (C=O) groups is 3. The molecule has 0 radical (unpaired) electrons. The molecular formula is C75H118O6. The summed E-state index contributed by atoms with van der Waals surface area (Å²) >= 11 is 0. The molecule has 0 aromatic rings. The minimum atomic E-state index is -0.837. The summed E-state index contributed by atoms with van der Waals surface area (Å²) in [4.78, 5) is 38.3. The molecule has 0 spiro atoms. The molecule has 0 bridgehead atoms. The molecule has 0 fully saturated rings. The lowest BCUT2D eigenvalue weighted by atomic mass is 10.1. The third-order valence-corrected chi connectivity index (χ3v) is 13.2. The maximum atomic E-state index is 12.9. The van der Waals surface area contributed by atoms with Crippen LogP contribution in [0.2, 0.25) is 0 Å². The number of rotatable bonds is 57. The first-order valence-corrected chi connectivity index (χ1v) is 32.6. The van der Waals surface area contributed by atoms with Crippen LogP contribution in [0, 0.1) is 0 Å². The van der Waals surface area contributed by atoms with Gasteiger partial charge in [-0.2, -0.15) is 0 Å². The number of allylic oxidation sites excluding steroid dienone is 28. The molecule has 0 N–H and O–H groups in total. The fraction of sp³-hybridized carbons (Fsp3) is 0.587. The van der Waals surface area contributed by atoms with Crippen LogP contribution in [0.15, 0.2) is 170 Å². The van der Waals surface area contributed by atoms with Gasteiger partial charge in [-0.25, -0.2) is 0 Å². The molecule has 0 aliphatic carbocycles. The van der Waals surface area contributed by atoms with E-state index in [1.807, 2.05) is 0 Å². The second-order valence-electron chi connectivity index (χ2n) is 20.9. The van der Waals surface area contributed by atoms with E-state index in [4.69, 9.17) is 14.2 Å². The molecule has 0 aromatic heterocycles. The van der Waals surface area contributed by atoms with E-state index in [0.717, 1.165) is 122 Å². The molecule has 1 unspecified atom stereocenters. The van der Waals surface area contributed by atoms with E-state index in [0.29, 0.717) is 19.3 Å². The van der Waals surface area contributed by atoms with Gasteiger partial charge in [-0.05, 0) is 148 Å². The van der Waals surface area contributed by atoms with E-state index >= 15 is 0 Å². The van der Waals surface area contributed by atoms with E-state index < -0.39 is 6.10 Å². The zero-order valence-electron chi connectivity index (χ0n) is 52.0. The van der Waals surface area contributed by atoms with Crippen LogP contribution in [0.5, 0.6) is 0 Å². The van der Waals surface area contributed by atoms with Crippen LogP contribution < -0.4 is 0 Å². The van der Waals surface area contributed by atoms with Crippen LogP contribution in [0.1, 0.15) is 265 Å². The van der Waals surface area contributed by atoms with E-state index in [1.165, 1.54) is 89.9 Å². The monoisotopic (exact) mass is 1110 g/mol. The molecule has 0 aliphatic rings. The smallest absolute Gasteiger partial charge is 0.306 e. The number of hydrogen-bond acceptors (Lipinski definition) is 6. The summed E-state index contributed by atoms with van der Waals surface area (Å²) in [6.07, 6.45) is 99.4. The van der Waals surface area contributed by atoms with Crippen LogP contribution >= 0.6 is 0 Å². The molecule has 0 saturated carbocycles. The molecule has 0 aromatic carbocycles. The Morgan fingerprint density at radius 3 is 0.827 bits per heavy atom. The predicted molar refractivity (Wildman–Crippen MR) is 352 cm³/mol. The minimum Gasteiger partial charge on any atom is -0.462 e. The first kappa shape index (κ1) is 75.8. The third kappa shape index (κ3) is 65.5. The van der Waals surface area contributed by atoms with E-state index in [1.54, 1.807) is 0 Å². The molecule has 0 amide bonds.